The minimum absolute atomic E-state index is 0.688. The average molecular weight is 170 g/mol. The van der Waals surface area contributed by atoms with Crippen LogP contribution < -0.4 is 5.73 Å². The Morgan fingerprint density at radius 2 is 2.17 bits per heavy atom. The molecule has 1 aliphatic carbocycles. The average Bonchev–Trinajstić information content (AvgIpc) is 1.97. The van der Waals surface area contributed by atoms with Crippen molar-refractivity contribution < 1.29 is 0 Å². The van der Waals surface area contributed by atoms with E-state index >= 15 is 0 Å². The minimum Gasteiger partial charge on any atom is -0.330 e. The maximum atomic E-state index is 5.56. The van der Waals surface area contributed by atoms with E-state index in [1.165, 1.54) is 32.2 Å². The van der Waals surface area contributed by atoms with Crippen molar-refractivity contribution in [2.24, 2.45) is 11.7 Å². The zero-order valence-electron chi connectivity index (χ0n) is 8.42. The molecular weight excluding hydrogens is 148 g/mol. The van der Waals surface area contributed by atoms with Crippen molar-refractivity contribution in [1.29, 1.82) is 0 Å². The van der Waals surface area contributed by atoms with Crippen molar-refractivity contribution in [3.63, 3.8) is 0 Å². The number of hydrogen-bond donors (Lipinski definition) is 1. The van der Waals surface area contributed by atoms with Crippen LogP contribution >= 0.6 is 0 Å². The lowest BCUT2D eigenvalue weighted by atomic mass is 9.91. The first kappa shape index (κ1) is 10.0. The number of rotatable bonds is 5. The molecule has 1 atom stereocenters. The van der Waals surface area contributed by atoms with Crippen LogP contribution in [0.15, 0.2) is 0 Å². The van der Waals surface area contributed by atoms with Crippen LogP contribution in [-0.2, 0) is 0 Å². The predicted octanol–water partition coefficient (Wildman–Crippen LogP) is 1.46. The van der Waals surface area contributed by atoms with Gasteiger partial charge in [0.1, 0.15) is 0 Å². The third-order valence-electron chi connectivity index (χ3n) is 3.08. The Morgan fingerprint density at radius 3 is 2.58 bits per heavy atom. The van der Waals surface area contributed by atoms with Gasteiger partial charge >= 0.3 is 0 Å². The third-order valence-corrected chi connectivity index (χ3v) is 3.08. The molecule has 1 rings (SSSR count). The monoisotopic (exact) mass is 170 g/mol. The summed E-state index contributed by atoms with van der Waals surface area (Å²) in [6, 6.07) is 0.884. The van der Waals surface area contributed by atoms with E-state index in [0.29, 0.717) is 5.92 Å². The first-order valence-corrected chi connectivity index (χ1v) is 5.14. The lowest BCUT2D eigenvalue weighted by Gasteiger charge is -2.35. The molecule has 0 amide bonds. The van der Waals surface area contributed by atoms with E-state index in [-0.39, 0.29) is 0 Å². The van der Waals surface area contributed by atoms with Gasteiger partial charge in [0.05, 0.1) is 0 Å². The molecule has 12 heavy (non-hydrogen) atoms. The molecule has 0 spiro atoms. The minimum atomic E-state index is 0.688. The molecule has 1 unspecified atom stereocenters. The fraction of sp³-hybridized carbons (Fsp3) is 1.00. The molecule has 0 bridgehead atoms. The molecule has 1 saturated carbocycles. The van der Waals surface area contributed by atoms with E-state index < -0.39 is 0 Å². The molecule has 2 N–H and O–H groups in total. The topological polar surface area (TPSA) is 29.3 Å². The molecule has 0 radical (unpaired) electrons. The Hall–Kier alpha value is -0.0800. The second kappa shape index (κ2) is 4.83. The summed E-state index contributed by atoms with van der Waals surface area (Å²) in [6.07, 6.45) is 5.51. The molecule has 0 aliphatic heterocycles. The molecule has 1 aliphatic rings. The highest BCUT2D eigenvalue weighted by atomic mass is 15.1. The first-order valence-electron chi connectivity index (χ1n) is 5.14. The predicted molar refractivity (Wildman–Crippen MR) is 53.1 cm³/mol. The molecule has 72 valence electrons. The van der Waals surface area contributed by atoms with Crippen molar-refractivity contribution in [3.05, 3.63) is 0 Å². The van der Waals surface area contributed by atoms with Gasteiger partial charge in [-0.3, -0.25) is 0 Å². The lowest BCUT2D eigenvalue weighted by molar-refractivity contribution is 0.152. The summed E-state index contributed by atoms with van der Waals surface area (Å²) in [5.41, 5.74) is 5.56. The van der Waals surface area contributed by atoms with Gasteiger partial charge in [-0.25, -0.2) is 0 Å². The fourth-order valence-electron chi connectivity index (χ4n) is 1.55. The van der Waals surface area contributed by atoms with Crippen LogP contribution in [0.5, 0.6) is 0 Å². The van der Waals surface area contributed by atoms with Crippen molar-refractivity contribution in [3.8, 4) is 0 Å². The zero-order valence-corrected chi connectivity index (χ0v) is 8.42. The molecule has 0 saturated heterocycles. The first-order chi connectivity index (χ1) is 5.74. The van der Waals surface area contributed by atoms with E-state index in [4.69, 9.17) is 5.73 Å². The highest BCUT2D eigenvalue weighted by Gasteiger charge is 2.21. The summed E-state index contributed by atoms with van der Waals surface area (Å²) in [7, 11) is 2.24. The molecule has 0 heterocycles. The number of nitrogens with two attached hydrogens (primary N) is 1. The van der Waals surface area contributed by atoms with Crippen LogP contribution in [0.3, 0.4) is 0 Å². The molecule has 2 nitrogen and oxygen atoms in total. The lowest BCUT2D eigenvalue weighted by Crippen LogP contribution is -2.38. The van der Waals surface area contributed by atoms with Gasteiger partial charge < -0.3 is 10.6 Å². The van der Waals surface area contributed by atoms with Gasteiger partial charge in [-0.1, -0.05) is 13.3 Å². The standard InChI is InChI=1S/C10H22N2/c1-9(8-11)6-7-12(2)10-4-3-5-10/h9-10H,3-8,11H2,1-2H3. The largest absolute Gasteiger partial charge is 0.330 e. The Kier molecular flexibility index (Phi) is 4.02. The van der Waals surface area contributed by atoms with Crippen molar-refractivity contribution >= 4 is 0 Å². The van der Waals surface area contributed by atoms with E-state index in [2.05, 4.69) is 18.9 Å². The molecule has 2 heteroatoms. The van der Waals surface area contributed by atoms with Crippen LogP contribution in [0.2, 0.25) is 0 Å². The molecule has 0 aromatic heterocycles. The molecule has 1 fully saturated rings. The Balaban J connectivity index is 2.05. The third kappa shape index (κ3) is 2.76. The van der Waals surface area contributed by atoms with E-state index in [1.54, 1.807) is 0 Å². The van der Waals surface area contributed by atoms with Crippen LogP contribution in [-0.4, -0.2) is 31.1 Å². The SMILES string of the molecule is CC(CN)CCN(C)C1CCC1. The van der Waals surface area contributed by atoms with Crippen molar-refractivity contribution in [2.75, 3.05) is 20.1 Å². The number of hydrogen-bond acceptors (Lipinski definition) is 2. The second-order valence-corrected chi connectivity index (χ2v) is 4.19. The highest BCUT2D eigenvalue weighted by molar-refractivity contribution is 4.77. The summed E-state index contributed by atoms with van der Waals surface area (Å²) in [5.74, 6) is 0.688. The van der Waals surface area contributed by atoms with Gasteiger partial charge in [-0.05, 0) is 45.3 Å². The Bertz CT molecular complexity index is 121. The van der Waals surface area contributed by atoms with Gasteiger partial charge in [0.2, 0.25) is 0 Å². The summed E-state index contributed by atoms with van der Waals surface area (Å²) >= 11 is 0. The Labute approximate surface area is 76.1 Å². The molecule has 0 aromatic rings. The van der Waals surface area contributed by atoms with Crippen LogP contribution in [0.25, 0.3) is 0 Å². The van der Waals surface area contributed by atoms with E-state index in [0.717, 1.165) is 12.6 Å². The van der Waals surface area contributed by atoms with Gasteiger partial charge in [0.25, 0.3) is 0 Å². The molecule has 0 aromatic carbocycles. The maximum absolute atomic E-state index is 5.56. The summed E-state index contributed by atoms with van der Waals surface area (Å²) in [5, 5.41) is 0. The second-order valence-electron chi connectivity index (χ2n) is 4.19. The molecular formula is C10H22N2. The zero-order chi connectivity index (χ0) is 8.97. The van der Waals surface area contributed by atoms with Gasteiger partial charge in [0.15, 0.2) is 0 Å². The van der Waals surface area contributed by atoms with Gasteiger partial charge in [-0.2, -0.15) is 0 Å². The van der Waals surface area contributed by atoms with Gasteiger partial charge in [0, 0.05) is 6.04 Å². The summed E-state index contributed by atoms with van der Waals surface area (Å²) in [6.45, 7) is 4.29. The summed E-state index contributed by atoms with van der Waals surface area (Å²) < 4.78 is 0. The summed E-state index contributed by atoms with van der Waals surface area (Å²) in [4.78, 5) is 2.50. The van der Waals surface area contributed by atoms with E-state index in [9.17, 15) is 0 Å². The van der Waals surface area contributed by atoms with Crippen LogP contribution in [0.1, 0.15) is 32.6 Å². The van der Waals surface area contributed by atoms with Crippen molar-refractivity contribution in [1.82, 2.24) is 4.90 Å². The van der Waals surface area contributed by atoms with Crippen LogP contribution in [0, 0.1) is 5.92 Å². The Morgan fingerprint density at radius 1 is 1.50 bits per heavy atom. The van der Waals surface area contributed by atoms with Gasteiger partial charge in [-0.15, -0.1) is 0 Å². The highest BCUT2D eigenvalue weighted by Crippen LogP contribution is 2.23. The fourth-order valence-corrected chi connectivity index (χ4v) is 1.55. The smallest absolute Gasteiger partial charge is 0.00922 e. The van der Waals surface area contributed by atoms with Crippen molar-refractivity contribution in [2.45, 2.75) is 38.6 Å². The maximum Gasteiger partial charge on any atom is 0.00922 e. The van der Waals surface area contributed by atoms with E-state index in [1.807, 2.05) is 0 Å². The van der Waals surface area contributed by atoms with Crippen LogP contribution in [0.4, 0.5) is 0 Å². The number of nitrogens with zero attached hydrogens (tertiary/aromatic N) is 1. The quantitative estimate of drug-likeness (QED) is 0.677. The normalized spacial score (nSPS) is 21.0.